The van der Waals surface area contributed by atoms with Gasteiger partial charge in [-0.15, -0.1) is 0 Å². The van der Waals surface area contributed by atoms with Crippen LogP contribution in [0.4, 0.5) is 4.39 Å². The van der Waals surface area contributed by atoms with Gasteiger partial charge in [-0.2, -0.15) is 0 Å². The number of benzene rings is 1. The van der Waals surface area contributed by atoms with Gasteiger partial charge in [-0.25, -0.2) is 4.39 Å². The Morgan fingerprint density at radius 3 is 2.75 bits per heavy atom. The number of halogens is 1. The van der Waals surface area contributed by atoms with Crippen LogP contribution in [-0.4, -0.2) is 22.9 Å². The highest BCUT2D eigenvalue weighted by molar-refractivity contribution is 5.30. The molecule has 2 unspecified atom stereocenters. The standard InChI is InChI=1S/C10H12FN3O2/c1-6-3-2-4-7(11)9(6)10(16)8(15)5-13-14-12/h2-4,8,10,15-16H,5H2,1H3. The fraction of sp³-hybridized carbons (Fsp3) is 0.400. The molecule has 6 heteroatoms. The lowest BCUT2D eigenvalue weighted by molar-refractivity contribution is 0.0218. The molecule has 0 aliphatic carbocycles. The predicted octanol–water partition coefficient (Wildman–Crippen LogP) is 1.84. The molecule has 0 spiro atoms. The number of aliphatic hydroxyl groups is 2. The van der Waals surface area contributed by atoms with Crippen molar-refractivity contribution in [2.24, 2.45) is 5.11 Å². The molecule has 1 aromatic carbocycles. The smallest absolute Gasteiger partial charge is 0.129 e. The zero-order valence-corrected chi connectivity index (χ0v) is 8.71. The van der Waals surface area contributed by atoms with Crippen LogP contribution in [0.3, 0.4) is 0 Å². The Kier molecular flexibility index (Phi) is 4.25. The van der Waals surface area contributed by atoms with Crippen LogP contribution in [-0.2, 0) is 0 Å². The molecule has 0 saturated heterocycles. The zero-order chi connectivity index (χ0) is 12.1. The van der Waals surface area contributed by atoms with E-state index in [-0.39, 0.29) is 12.1 Å². The minimum Gasteiger partial charge on any atom is -0.390 e. The second-order valence-electron chi connectivity index (χ2n) is 3.40. The van der Waals surface area contributed by atoms with E-state index in [1.165, 1.54) is 12.1 Å². The summed E-state index contributed by atoms with van der Waals surface area (Å²) in [7, 11) is 0. The number of aliphatic hydroxyl groups excluding tert-OH is 2. The maximum Gasteiger partial charge on any atom is 0.129 e. The van der Waals surface area contributed by atoms with Gasteiger partial charge in [0.15, 0.2) is 0 Å². The van der Waals surface area contributed by atoms with E-state index in [4.69, 9.17) is 5.53 Å². The molecule has 0 saturated carbocycles. The molecule has 86 valence electrons. The first-order chi connectivity index (χ1) is 7.57. The minimum atomic E-state index is -1.40. The van der Waals surface area contributed by atoms with Crippen molar-refractivity contribution < 1.29 is 14.6 Å². The molecule has 16 heavy (non-hydrogen) atoms. The van der Waals surface area contributed by atoms with Gasteiger partial charge in [-0.05, 0) is 24.1 Å². The number of hydrogen-bond donors (Lipinski definition) is 2. The van der Waals surface area contributed by atoms with Crippen LogP contribution in [0.5, 0.6) is 0 Å². The van der Waals surface area contributed by atoms with Gasteiger partial charge in [0, 0.05) is 10.5 Å². The van der Waals surface area contributed by atoms with Crippen LogP contribution in [0.15, 0.2) is 23.3 Å². The van der Waals surface area contributed by atoms with Gasteiger partial charge in [0.1, 0.15) is 11.9 Å². The van der Waals surface area contributed by atoms with Crippen molar-refractivity contribution in [3.05, 3.63) is 45.6 Å². The van der Waals surface area contributed by atoms with Gasteiger partial charge in [-0.1, -0.05) is 17.2 Å². The Morgan fingerprint density at radius 2 is 2.19 bits per heavy atom. The fourth-order valence-corrected chi connectivity index (χ4v) is 1.43. The van der Waals surface area contributed by atoms with Crippen LogP contribution >= 0.6 is 0 Å². The van der Waals surface area contributed by atoms with Crippen molar-refractivity contribution >= 4 is 0 Å². The summed E-state index contributed by atoms with van der Waals surface area (Å²) in [4.78, 5) is 2.46. The van der Waals surface area contributed by atoms with Crippen molar-refractivity contribution in [2.45, 2.75) is 19.1 Å². The molecule has 0 aromatic heterocycles. The number of nitrogens with zero attached hydrogens (tertiary/aromatic N) is 3. The normalized spacial score (nSPS) is 14.0. The highest BCUT2D eigenvalue weighted by Gasteiger charge is 2.22. The van der Waals surface area contributed by atoms with Gasteiger partial charge in [-0.3, -0.25) is 0 Å². The molecule has 2 atom stereocenters. The Balaban J connectivity index is 2.95. The van der Waals surface area contributed by atoms with Crippen molar-refractivity contribution in [3.63, 3.8) is 0 Å². The van der Waals surface area contributed by atoms with Crippen LogP contribution < -0.4 is 0 Å². The van der Waals surface area contributed by atoms with E-state index in [1.54, 1.807) is 13.0 Å². The molecular formula is C10H12FN3O2. The van der Waals surface area contributed by atoms with Gasteiger partial charge in [0.2, 0.25) is 0 Å². The summed E-state index contributed by atoms with van der Waals surface area (Å²) in [6.07, 6.45) is -2.71. The minimum absolute atomic E-state index is 0.0307. The lowest BCUT2D eigenvalue weighted by Crippen LogP contribution is -2.22. The van der Waals surface area contributed by atoms with Crippen molar-refractivity contribution in [2.75, 3.05) is 6.54 Å². The number of hydrogen-bond acceptors (Lipinski definition) is 3. The third-order valence-electron chi connectivity index (χ3n) is 2.26. The average molecular weight is 225 g/mol. The van der Waals surface area contributed by atoms with Crippen LogP contribution in [0.2, 0.25) is 0 Å². The fourth-order valence-electron chi connectivity index (χ4n) is 1.43. The second-order valence-corrected chi connectivity index (χ2v) is 3.40. The average Bonchev–Trinajstić information content (AvgIpc) is 2.25. The summed E-state index contributed by atoms with van der Waals surface area (Å²) < 4.78 is 13.4. The summed E-state index contributed by atoms with van der Waals surface area (Å²) in [5.74, 6) is -0.590. The molecule has 0 radical (unpaired) electrons. The van der Waals surface area contributed by atoms with E-state index in [0.29, 0.717) is 5.56 Å². The molecule has 0 bridgehead atoms. The van der Waals surface area contributed by atoms with E-state index in [2.05, 4.69) is 10.0 Å². The Labute approximate surface area is 91.8 Å². The largest absolute Gasteiger partial charge is 0.390 e. The molecule has 1 rings (SSSR count). The number of azide groups is 1. The van der Waals surface area contributed by atoms with E-state index in [1.807, 2.05) is 0 Å². The van der Waals surface area contributed by atoms with Gasteiger partial charge in [0.25, 0.3) is 0 Å². The summed E-state index contributed by atoms with van der Waals surface area (Å²) in [5.41, 5.74) is 8.63. The third kappa shape index (κ3) is 2.70. The number of rotatable bonds is 4. The van der Waals surface area contributed by atoms with Gasteiger partial charge < -0.3 is 10.2 Å². The molecule has 0 aliphatic heterocycles. The highest BCUT2D eigenvalue weighted by atomic mass is 19.1. The first-order valence-corrected chi connectivity index (χ1v) is 4.70. The predicted molar refractivity (Wildman–Crippen MR) is 56.1 cm³/mol. The topological polar surface area (TPSA) is 89.2 Å². The summed E-state index contributed by atoms with van der Waals surface area (Å²) in [5, 5.41) is 22.3. The van der Waals surface area contributed by atoms with Crippen molar-refractivity contribution in [3.8, 4) is 0 Å². The summed E-state index contributed by atoms with van der Waals surface area (Å²) in [6.45, 7) is 1.33. The molecule has 0 fully saturated rings. The molecule has 0 aliphatic rings. The zero-order valence-electron chi connectivity index (χ0n) is 8.71. The third-order valence-corrected chi connectivity index (χ3v) is 2.26. The lowest BCUT2D eigenvalue weighted by Gasteiger charge is -2.18. The SMILES string of the molecule is Cc1cccc(F)c1C(O)C(O)CN=[N+]=[N-]. The molecule has 0 amide bonds. The Hall–Kier alpha value is -1.62. The molecule has 1 aromatic rings. The monoisotopic (exact) mass is 225 g/mol. The van der Waals surface area contributed by atoms with E-state index in [9.17, 15) is 14.6 Å². The Bertz CT molecular complexity index is 398. The lowest BCUT2D eigenvalue weighted by atomic mass is 9.99. The molecule has 2 N–H and O–H groups in total. The summed E-state index contributed by atoms with van der Waals surface area (Å²) in [6, 6.07) is 4.34. The van der Waals surface area contributed by atoms with Gasteiger partial charge >= 0.3 is 0 Å². The first-order valence-electron chi connectivity index (χ1n) is 4.70. The van der Waals surface area contributed by atoms with Gasteiger partial charge in [0.05, 0.1) is 12.6 Å². The Morgan fingerprint density at radius 1 is 1.50 bits per heavy atom. The highest BCUT2D eigenvalue weighted by Crippen LogP contribution is 2.23. The summed E-state index contributed by atoms with van der Waals surface area (Å²) >= 11 is 0. The van der Waals surface area contributed by atoms with Crippen LogP contribution in [0, 0.1) is 12.7 Å². The maximum absolute atomic E-state index is 13.4. The van der Waals surface area contributed by atoms with Crippen molar-refractivity contribution in [1.29, 1.82) is 0 Å². The maximum atomic E-state index is 13.4. The van der Waals surface area contributed by atoms with Crippen molar-refractivity contribution in [1.82, 2.24) is 0 Å². The second kappa shape index (κ2) is 5.46. The van der Waals surface area contributed by atoms with Crippen LogP contribution in [0.1, 0.15) is 17.2 Å². The number of aryl methyl sites for hydroxylation is 1. The molecule has 5 nitrogen and oxygen atoms in total. The molecular weight excluding hydrogens is 213 g/mol. The van der Waals surface area contributed by atoms with E-state index < -0.39 is 18.0 Å². The van der Waals surface area contributed by atoms with Crippen LogP contribution in [0.25, 0.3) is 10.4 Å². The molecule has 0 heterocycles. The van der Waals surface area contributed by atoms with E-state index >= 15 is 0 Å². The first kappa shape index (κ1) is 12.4. The quantitative estimate of drug-likeness (QED) is 0.465. The van der Waals surface area contributed by atoms with E-state index in [0.717, 1.165) is 0 Å².